The molecule has 0 bridgehead atoms. The summed E-state index contributed by atoms with van der Waals surface area (Å²) in [6, 6.07) is 10.2. The van der Waals surface area contributed by atoms with Crippen LogP contribution in [-0.4, -0.2) is 28.1 Å². The molecule has 2 aromatic rings. The molecular weight excluding hydrogens is 382 g/mol. The van der Waals surface area contributed by atoms with E-state index in [0.717, 1.165) is 5.56 Å². The summed E-state index contributed by atoms with van der Waals surface area (Å²) >= 11 is 6.23. The van der Waals surface area contributed by atoms with Crippen LogP contribution in [0.4, 0.5) is 0 Å². The molecular formula is C21H20ClNO5. The molecule has 1 aliphatic heterocycles. The van der Waals surface area contributed by atoms with Gasteiger partial charge in [0.25, 0.3) is 5.79 Å². The molecule has 1 aromatic carbocycles. The number of benzene rings is 1. The van der Waals surface area contributed by atoms with Crippen LogP contribution in [0, 0.1) is 5.92 Å². The minimum atomic E-state index is -1.27. The predicted molar refractivity (Wildman–Crippen MR) is 104 cm³/mol. The van der Waals surface area contributed by atoms with Crippen LogP contribution in [0.1, 0.15) is 41.9 Å². The number of carbonyl (C=O) groups excluding carboxylic acids is 3. The van der Waals surface area contributed by atoms with Crippen LogP contribution in [0.25, 0.3) is 6.08 Å². The van der Waals surface area contributed by atoms with Crippen molar-refractivity contribution in [2.45, 2.75) is 32.6 Å². The van der Waals surface area contributed by atoms with E-state index in [1.165, 1.54) is 13.8 Å². The maximum absolute atomic E-state index is 12.9. The third-order valence-electron chi connectivity index (χ3n) is 4.47. The lowest BCUT2D eigenvalue weighted by Gasteiger charge is -2.32. The third kappa shape index (κ3) is 4.02. The quantitative estimate of drug-likeness (QED) is 0.417. The number of nitrogens with zero attached hydrogens (tertiary/aromatic N) is 1. The Kier molecular flexibility index (Phi) is 5.42. The molecule has 0 spiro atoms. The highest BCUT2D eigenvalue weighted by Crippen LogP contribution is 2.27. The summed E-state index contributed by atoms with van der Waals surface area (Å²) in [6.45, 7) is 6.87. The monoisotopic (exact) mass is 401 g/mol. The molecule has 3 rings (SSSR count). The first kappa shape index (κ1) is 19.9. The molecule has 0 radical (unpaired) electrons. The minimum absolute atomic E-state index is 0.109. The van der Waals surface area contributed by atoms with Gasteiger partial charge in [-0.15, -0.1) is 0 Å². The van der Waals surface area contributed by atoms with E-state index in [-0.39, 0.29) is 18.7 Å². The summed E-state index contributed by atoms with van der Waals surface area (Å²) in [7, 11) is 0. The van der Waals surface area contributed by atoms with E-state index in [9.17, 15) is 14.4 Å². The Labute approximate surface area is 167 Å². The molecule has 0 atom stereocenters. The molecule has 146 valence electrons. The molecule has 0 saturated carbocycles. The van der Waals surface area contributed by atoms with E-state index < -0.39 is 23.6 Å². The number of cyclic esters (lactones) is 2. The van der Waals surface area contributed by atoms with Crippen LogP contribution in [0.3, 0.4) is 0 Å². The fourth-order valence-corrected chi connectivity index (χ4v) is 3.26. The second-order valence-electron chi connectivity index (χ2n) is 6.93. The van der Waals surface area contributed by atoms with Crippen LogP contribution in [0.2, 0.25) is 5.15 Å². The number of ether oxygens (including phenoxy) is 2. The Hall–Kier alpha value is -2.86. The molecule has 2 heterocycles. The molecule has 1 saturated heterocycles. The van der Waals surface area contributed by atoms with Crippen LogP contribution in [-0.2, 0) is 25.6 Å². The van der Waals surface area contributed by atoms with E-state index in [2.05, 4.69) is 6.58 Å². The summed E-state index contributed by atoms with van der Waals surface area (Å²) in [5.74, 6) is -3.82. The van der Waals surface area contributed by atoms with Gasteiger partial charge in [-0.25, -0.2) is 0 Å². The maximum Gasteiger partial charge on any atom is 0.323 e. The van der Waals surface area contributed by atoms with Crippen molar-refractivity contribution in [1.29, 1.82) is 0 Å². The fraction of sp³-hybridized carbons (Fsp3) is 0.286. The first-order valence-corrected chi connectivity index (χ1v) is 9.17. The van der Waals surface area contributed by atoms with Crippen LogP contribution in [0.15, 0.2) is 43.0 Å². The number of ketones is 1. The van der Waals surface area contributed by atoms with Gasteiger partial charge in [0.05, 0.1) is 5.69 Å². The molecule has 6 nitrogen and oxygen atoms in total. The van der Waals surface area contributed by atoms with Gasteiger partial charge in [-0.1, -0.05) is 48.5 Å². The summed E-state index contributed by atoms with van der Waals surface area (Å²) in [5, 5.41) is 0.337. The molecule has 0 unspecified atom stereocenters. The van der Waals surface area contributed by atoms with Gasteiger partial charge in [0.15, 0.2) is 5.92 Å². The predicted octanol–water partition coefficient (Wildman–Crippen LogP) is 3.86. The van der Waals surface area contributed by atoms with Crippen molar-refractivity contribution in [3.05, 3.63) is 65.0 Å². The van der Waals surface area contributed by atoms with E-state index in [4.69, 9.17) is 21.1 Å². The zero-order valence-corrected chi connectivity index (χ0v) is 16.4. The first-order chi connectivity index (χ1) is 13.2. The Morgan fingerprint density at radius 1 is 1.14 bits per heavy atom. The zero-order valence-electron chi connectivity index (χ0n) is 15.6. The third-order valence-corrected chi connectivity index (χ3v) is 4.80. The van der Waals surface area contributed by atoms with E-state index in [0.29, 0.717) is 16.4 Å². The van der Waals surface area contributed by atoms with Gasteiger partial charge in [0.2, 0.25) is 5.78 Å². The lowest BCUT2D eigenvalue weighted by atomic mass is 10.0. The van der Waals surface area contributed by atoms with E-state index in [1.54, 1.807) is 47.0 Å². The summed E-state index contributed by atoms with van der Waals surface area (Å²) in [5.41, 5.74) is 1.77. The number of aromatic nitrogens is 1. The highest BCUT2D eigenvalue weighted by molar-refractivity contribution is 6.30. The second kappa shape index (κ2) is 7.64. The zero-order chi connectivity index (χ0) is 20.5. The lowest BCUT2D eigenvalue weighted by Crippen LogP contribution is -2.46. The number of carbonyl (C=O) groups is 3. The summed E-state index contributed by atoms with van der Waals surface area (Å²) in [4.78, 5) is 37.1. The SMILES string of the molecule is C=Cc1ccc(C(=O)c2ccc(Cl)n2CCC2C(=O)OC(C)(C)OC2=O)cc1. The normalized spacial score (nSPS) is 16.4. The van der Waals surface area contributed by atoms with Gasteiger partial charge >= 0.3 is 11.9 Å². The molecule has 28 heavy (non-hydrogen) atoms. The number of hydrogen-bond acceptors (Lipinski definition) is 5. The van der Waals surface area contributed by atoms with Gasteiger partial charge in [-0.3, -0.25) is 14.4 Å². The standard InChI is InChI=1S/C21H20ClNO5/c1-4-13-5-7-14(8-6-13)18(24)16-9-10-17(22)23(16)12-11-15-19(25)27-21(2,3)28-20(15)26/h4-10,15H,1,11-12H2,2-3H3. The topological polar surface area (TPSA) is 74.6 Å². The van der Waals surface area contributed by atoms with Crippen molar-refractivity contribution in [3.8, 4) is 0 Å². The average molecular weight is 402 g/mol. The van der Waals surface area contributed by atoms with Crippen molar-refractivity contribution >= 4 is 35.4 Å². The second-order valence-corrected chi connectivity index (χ2v) is 7.32. The van der Waals surface area contributed by atoms with Gasteiger partial charge in [0.1, 0.15) is 5.15 Å². The Morgan fingerprint density at radius 2 is 1.75 bits per heavy atom. The Bertz CT molecular complexity index is 922. The Balaban J connectivity index is 1.78. The molecule has 1 fully saturated rings. The fourth-order valence-electron chi connectivity index (χ4n) is 3.02. The molecule has 0 amide bonds. The largest absolute Gasteiger partial charge is 0.422 e. The van der Waals surface area contributed by atoms with Gasteiger partial charge < -0.3 is 14.0 Å². The van der Waals surface area contributed by atoms with Crippen molar-refractivity contribution < 1.29 is 23.9 Å². The van der Waals surface area contributed by atoms with E-state index in [1.807, 2.05) is 0 Å². The van der Waals surface area contributed by atoms with Crippen LogP contribution < -0.4 is 0 Å². The summed E-state index contributed by atoms with van der Waals surface area (Å²) < 4.78 is 11.8. The molecule has 0 aliphatic carbocycles. The van der Waals surface area contributed by atoms with Crippen LogP contribution in [0.5, 0.6) is 0 Å². The van der Waals surface area contributed by atoms with Gasteiger partial charge in [-0.05, 0) is 24.1 Å². The smallest absolute Gasteiger partial charge is 0.323 e. The number of halogens is 1. The van der Waals surface area contributed by atoms with Gasteiger partial charge in [-0.2, -0.15) is 0 Å². The van der Waals surface area contributed by atoms with Crippen molar-refractivity contribution in [2.24, 2.45) is 5.92 Å². The van der Waals surface area contributed by atoms with Crippen molar-refractivity contribution in [1.82, 2.24) is 4.57 Å². The van der Waals surface area contributed by atoms with Crippen LogP contribution >= 0.6 is 11.6 Å². The number of hydrogen-bond donors (Lipinski definition) is 0. The summed E-state index contributed by atoms with van der Waals surface area (Å²) in [6.07, 6.45) is 1.80. The minimum Gasteiger partial charge on any atom is -0.422 e. The molecule has 7 heteroatoms. The average Bonchev–Trinajstić information content (AvgIpc) is 3.00. The Morgan fingerprint density at radius 3 is 2.32 bits per heavy atom. The van der Waals surface area contributed by atoms with Crippen molar-refractivity contribution in [2.75, 3.05) is 0 Å². The lowest BCUT2D eigenvalue weighted by molar-refractivity contribution is -0.240. The molecule has 0 N–H and O–H groups in total. The number of esters is 2. The maximum atomic E-state index is 12.9. The highest BCUT2D eigenvalue weighted by atomic mass is 35.5. The molecule has 1 aliphatic rings. The van der Waals surface area contributed by atoms with Crippen molar-refractivity contribution in [3.63, 3.8) is 0 Å². The van der Waals surface area contributed by atoms with E-state index >= 15 is 0 Å². The van der Waals surface area contributed by atoms with Gasteiger partial charge in [0, 0.05) is 26.0 Å². The highest BCUT2D eigenvalue weighted by Gasteiger charge is 2.42. The number of rotatable bonds is 6. The first-order valence-electron chi connectivity index (χ1n) is 8.80. The molecule has 1 aromatic heterocycles.